The van der Waals surface area contributed by atoms with Crippen LogP contribution in [-0.4, -0.2) is 42.6 Å². The molecule has 0 bridgehead atoms. The third kappa shape index (κ3) is 7.69. The third-order valence-electron chi connectivity index (χ3n) is 2.60. The van der Waals surface area contributed by atoms with Crippen LogP contribution in [0.5, 0.6) is 0 Å². The molecule has 0 aromatic heterocycles. The van der Waals surface area contributed by atoms with Crippen LogP contribution in [0, 0.1) is 11.3 Å². The molecule has 0 saturated heterocycles. The molecule has 0 fully saturated rings. The molecule has 8 heteroatoms. The minimum atomic E-state index is -3.55. The first-order valence-corrected chi connectivity index (χ1v) is 8.68. The Morgan fingerprint density at radius 2 is 1.24 bits per heavy atom. The average Bonchev–Trinajstić information content (AvgIpc) is 2.09. The molecule has 0 atom stereocenters. The SMILES string of the molecule is CC(C)C(C)(COS(C)(=O)=O)COS(C)(=O)=O. The molecule has 0 radical (unpaired) electrons. The van der Waals surface area contributed by atoms with Gasteiger partial charge in [0.05, 0.1) is 25.7 Å². The minimum Gasteiger partial charge on any atom is -0.270 e. The van der Waals surface area contributed by atoms with E-state index in [-0.39, 0.29) is 19.1 Å². The van der Waals surface area contributed by atoms with Crippen molar-refractivity contribution in [3.63, 3.8) is 0 Å². The number of rotatable bonds is 7. The van der Waals surface area contributed by atoms with Crippen LogP contribution in [0.1, 0.15) is 20.8 Å². The molecule has 0 aliphatic carbocycles. The molecule has 0 aromatic carbocycles. The molecule has 0 heterocycles. The van der Waals surface area contributed by atoms with Gasteiger partial charge in [-0.05, 0) is 5.92 Å². The molecule has 0 unspecified atom stereocenters. The van der Waals surface area contributed by atoms with Gasteiger partial charge in [-0.25, -0.2) is 0 Å². The Morgan fingerprint density at radius 3 is 1.41 bits per heavy atom. The van der Waals surface area contributed by atoms with Crippen molar-refractivity contribution in [2.75, 3.05) is 25.7 Å². The van der Waals surface area contributed by atoms with Gasteiger partial charge in [0.2, 0.25) is 0 Å². The van der Waals surface area contributed by atoms with Gasteiger partial charge in [0.1, 0.15) is 0 Å². The molecule has 0 aliphatic rings. The van der Waals surface area contributed by atoms with Crippen molar-refractivity contribution in [3.05, 3.63) is 0 Å². The molecular weight excluding hydrogens is 268 g/mol. The summed E-state index contributed by atoms with van der Waals surface area (Å²) >= 11 is 0. The molecule has 0 spiro atoms. The number of hydrogen-bond acceptors (Lipinski definition) is 6. The molecule has 17 heavy (non-hydrogen) atoms. The van der Waals surface area contributed by atoms with E-state index in [0.717, 1.165) is 12.5 Å². The highest BCUT2D eigenvalue weighted by molar-refractivity contribution is 7.86. The quantitative estimate of drug-likeness (QED) is 0.638. The van der Waals surface area contributed by atoms with Gasteiger partial charge >= 0.3 is 0 Å². The van der Waals surface area contributed by atoms with E-state index < -0.39 is 25.7 Å². The van der Waals surface area contributed by atoms with E-state index in [9.17, 15) is 16.8 Å². The second kappa shape index (κ2) is 5.64. The highest BCUT2D eigenvalue weighted by Gasteiger charge is 2.32. The predicted octanol–water partition coefficient (Wildman–Crippen LogP) is 0.601. The predicted molar refractivity (Wildman–Crippen MR) is 64.5 cm³/mol. The smallest absolute Gasteiger partial charge is 0.264 e. The van der Waals surface area contributed by atoms with Crippen molar-refractivity contribution in [1.29, 1.82) is 0 Å². The molecule has 104 valence electrons. The van der Waals surface area contributed by atoms with Crippen molar-refractivity contribution < 1.29 is 25.2 Å². The van der Waals surface area contributed by atoms with Gasteiger partial charge < -0.3 is 0 Å². The van der Waals surface area contributed by atoms with Crippen LogP contribution in [0.4, 0.5) is 0 Å². The van der Waals surface area contributed by atoms with Gasteiger partial charge in [-0.2, -0.15) is 16.8 Å². The van der Waals surface area contributed by atoms with Gasteiger partial charge in [-0.3, -0.25) is 8.37 Å². The van der Waals surface area contributed by atoms with Gasteiger partial charge in [0, 0.05) is 5.41 Å². The normalized spacial score (nSPS) is 14.2. The Kier molecular flexibility index (Phi) is 5.58. The first-order valence-electron chi connectivity index (χ1n) is 5.04. The Bertz CT molecular complexity index is 398. The first kappa shape index (κ1) is 16.8. The fourth-order valence-corrected chi connectivity index (χ4v) is 1.82. The van der Waals surface area contributed by atoms with Crippen LogP contribution in [0.3, 0.4) is 0 Å². The molecule has 0 amide bonds. The Balaban J connectivity index is 4.69. The van der Waals surface area contributed by atoms with Crippen molar-refractivity contribution in [3.8, 4) is 0 Å². The van der Waals surface area contributed by atoms with Gasteiger partial charge in [-0.15, -0.1) is 0 Å². The summed E-state index contributed by atoms with van der Waals surface area (Å²) in [6.45, 7) is 5.18. The van der Waals surface area contributed by atoms with E-state index in [1.165, 1.54) is 0 Å². The summed E-state index contributed by atoms with van der Waals surface area (Å²) in [7, 11) is -7.10. The summed E-state index contributed by atoms with van der Waals surface area (Å²) in [5.41, 5.74) is -0.688. The zero-order chi connectivity index (χ0) is 13.9. The van der Waals surface area contributed by atoms with Crippen molar-refractivity contribution in [2.24, 2.45) is 11.3 Å². The van der Waals surface area contributed by atoms with Crippen molar-refractivity contribution in [1.82, 2.24) is 0 Å². The summed E-state index contributed by atoms with van der Waals surface area (Å²) in [4.78, 5) is 0. The summed E-state index contributed by atoms with van der Waals surface area (Å²) in [5.74, 6) is 0.00556. The molecule has 0 aromatic rings. The standard InChI is InChI=1S/C9H20O6S2/c1-8(2)9(3,6-14-16(4,10)11)7-15-17(5,12)13/h8H,6-7H2,1-5H3. The summed E-state index contributed by atoms with van der Waals surface area (Å²) in [6, 6.07) is 0. The van der Waals surface area contributed by atoms with Crippen molar-refractivity contribution in [2.45, 2.75) is 20.8 Å². The fraction of sp³-hybridized carbons (Fsp3) is 1.00. The lowest BCUT2D eigenvalue weighted by atomic mass is 9.81. The Hall–Kier alpha value is -0.180. The second-order valence-corrected chi connectivity index (χ2v) is 8.03. The van der Waals surface area contributed by atoms with E-state index in [0.29, 0.717) is 0 Å². The third-order valence-corrected chi connectivity index (χ3v) is 3.69. The maximum absolute atomic E-state index is 10.9. The zero-order valence-corrected chi connectivity index (χ0v) is 12.4. The van der Waals surface area contributed by atoms with Crippen LogP contribution < -0.4 is 0 Å². The highest BCUT2D eigenvalue weighted by atomic mass is 32.2. The molecule has 0 rings (SSSR count). The lowest BCUT2D eigenvalue weighted by Crippen LogP contribution is -2.36. The average molecular weight is 288 g/mol. The molecule has 0 N–H and O–H groups in total. The van der Waals surface area contributed by atoms with Crippen LogP contribution in [0.2, 0.25) is 0 Å². The second-order valence-electron chi connectivity index (χ2n) is 4.74. The van der Waals surface area contributed by atoms with Crippen LogP contribution in [-0.2, 0) is 28.6 Å². The van der Waals surface area contributed by atoms with Gasteiger partial charge in [0.25, 0.3) is 20.2 Å². The summed E-state index contributed by atoms with van der Waals surface area (Å²) in [5, 5.41) is 0. The monoisotopic (exact) mass is 288 g/mol. The fourth-order valence-electron chi connectivity index (χ4n) is 0.858. The van der Waals surface area contributed by atoms with Crippen LogP contribution in [0.15, 0.2) is 0 Å². The number of hydrogen-bond donors (Lipinski definition) is 0. The molecule has 0 saturated carbocycles. The maximum atomic E-state index is 10.9. The largest absolute Gasteiger partial charge is 0.270 e. The zero-order valence-electron chi connectivity index (χ0n) is 10.8. The summed E-state index contributed by atoms with van der Waals surface area (Å²) < 4.78 is 53.1. The van der Waals surface area contributed by atoms with E-state index >= 15 is 0 Å². The molecular formula is C9H20O6S2. The minimum absolute atomic E-state index is 0.00556. The lowest BCUT2D eigenvalue weighted by molar-refractivity contribution is 0.0600. The maximum Gasteiger partial charge on any atom is 0.264 e. The molecule has 0 aliphatic heterocycles. The topological polar surface area (TPSA) is 86.7 Å². The van der Waals surface area contributed by atoms with E-state index in [4.69, 9.17) is 8.37 Å². The highest BCUT2D eigenvalue weighted by Crippen LogP contribution is 2.28. The summed E-state index contributed by atoms with van der Waals surface area (Å²) in [6.07, 6.45) is 1.90. The van der Waals surface area contributed by atoms with E-state index in [1.807, 2.05) is 13.8 Å². The van der Waals surface area contributed by atoms with Crippen molar-refractivity contribution >= 4 is 20.2 Å². The Morgan fingerprint density at radius 1 is 0.941 bits per heavy atom. The van der Waals surface area contributed by atoms with E-state index in [1.54, 1.807) is 6.92 Å². The Labute approximate surface area is 104 Å². The van der Waals surface area contributed by atoms with Crippen LogP contribution in [0.25, 0.3) is 0 Å². The van der Waals surface area contributed by atoms with Gasteiger partial charge in [-0.1, -0.05) is 20.8 Å². The molecule has 6 nitrogen and oxygen atoms in total. The van der Waals surface area contributed by atoms with Gasteiger partial charge in [0.15, 0.2) is 0 Å². The lowest BCUT2D eigenvalue weighted by Gasteiger charge is -2.31. The first-order chi connectivity index (χ1) is 7.36. The van der Waals surface area contributed by atoms with E-state index in [2.05, 4.69) is 0 Å². The van der Waals surface area contributed by atoms with Crippen LogP contribution >= 0.6 is 0 Å².